The number of benzene rings is 1. The van der Waals surface area contributed by atoms with Crippen LogP contribution in [-0.4, -0.2) is 23.5 Å². The van der Waals surface area contributed by atoms with Gasteiger partial charge in [-0.3, -0.25) is 9.79 Å². The smallest absolute Gasteiger partial charge is 0.307 e. The maximum atomic E-state index is 10.5. The molecule has 0 heterocycles. The van der Waals surface area contributed by atoms with Gasteiger partial charge in [0.25, 0.3) is 0 Å². The Morgan fingerprint density at radius 2 is 1.94 bits per heavy atom. The minimum atomic E-state index is -0.832. The van der Waals surface area contributed by atoms with Crippen LogP contribution in [-0.2, 0) is 11.2 Å². The fraction of sp³-hybridized carbons (Fsp3) is 0.429. The zero-order valence-electron chi connectivity index (χ0n) is 10.9. The van der Waals surface area contributed by atoms with Gasteiger partial charge in [0, 0.05) is 12.1 Å². The predicted octanol–water partition coefficient (Wildman–Crippen LogP) is 2.07. The molecule has 1 aromatic rings. The normalized spacial score (nSPS) is 11.8. The van der Waals surface area contributed by atoms with E-state index in [9.17, 15) is 4.79 Å². The largest absolute Gasteiger partial charge is 0.481 e. The van der Waals surface area contributed by atoms with Gasteiger partial charge >= 0.3 is 5.97 Å². The molecule has 0 bridgehead atoms. The third-order valence-corrected chi connectivity index (χ3v) is 2.59. The molecule has 0 saturated carbocycles. The van der Waals surface area contributed by atoms with Crippen LogP contribution in [0.5, 0.6) is 0 Å². The molecule has 98 valence electrons. The van der Waals surface area contributed by atoms with E-state index in [2.05, 4.69) is 18.8 Å². The van der Waals surface area contributed by atoms with E-state index in [4.69, 9.17) is 10.8 Å². The number of aliphatic imine (C=N–C) groups is 1. The van der Waals surface area contributed by atoms with Crippen molar-refractivity contribution in [2.75, 3.05) is 6.54 Å². The summed E-state index contributed by atoms with van der Waals surface area (Å²) in [6, 6.07) is 7.17. The van der Waals surface area contributed by atoms with Crippen molar-refractivity contribution in [3.05, 3.63) is 35.4 Å². The topological polar surface area (TPSA) is 75.7 Å². The van der Waals surface area contributed by atoms with Crippen molar-refractivity contribution in [2.24, 2.45) is 16.6 Å². The van der Waals surface area contributed by atoms with Gasteiger partial charge < -0.3 is 10.8 Å². The fourth-order valence-electron chi connectivity index (χ4n) is 1.50. The Morgan fingerprint density at radius 3 is 2.44 bits per heavy atom. The predicted molar refractivity (Wildman–Crippen MR) is 72.8 cm³/mol. The standard InChI is InChI=1S/C14H20N2O2/c1-10(2)7-8-16-14(15)12-5-3-11(4-6-12)9-13(17)18/h3-6,10H,7-9H2,1-2H3,(H2,15,16)(H,17,18). The maximum Gasteiger partial charge on any atom is 0.307 e. The van der Waals surface area contributed by atoms with Gasteiger partial charge in [0.1, 0.15) is 5.84 Å². The summed E-state index contributed by atoms with van der Waals surface area (Å²) < 4.78 is 0. The monoisotopic (exact) mass is 248 g/mol. The number of nitrogens with two attached hydrogens (primary N) is 1. The first-order valence-electron chi connectivity index (χ1n) is 6.10. The molecule has 1 rings (SSSR count). The summed E-state index contributed by atoms with van der Waals surface area (Å²) in [5.74, 6) is 0.290. The summed E-state index contributed by atoms with van der Waals surface area (Å²) in [5.41, 5.74) is 7.47. The molecule has 0 aliphatic carbocycles. The lowest BCUT2D eigenvalue weighted by Gasteiger charge is -2.04. The van der Waals surface area contributed by atoms with Crippen molar-refractivity contribution in [1.82, 2.24) is 0 Å². The molecule has 4 nitrogen and oxygen atoms in total. The Kier molecular flexibility index (Phi) is 5.36. The van der Waals surface area contributed by atoms with E-state index in [0.29, 0.717) is 11.8 Å². The second-order valence-corrected chi connectivity index (χ2v) is 4.72. The molecule has 0 atom stereocenters. The van der Waals surface area contributed by atoms with Gasteiger partial charge in [0.2, 0.25) is 0 Å². The Labute approximate surface area is 108 Å². The molecule has 0 aromatic heterocycles. The Bertz CT molecular complexity index is 422. The quantitative estimate of drug-likeness (QED) is 0.597. The number of hydrogen-bond donors (Lipinski definition) is 2. The van der Waals surface area contributed by atoms with Crippen molar-refractivity contribution < 1.29 is 9.90 Å². The van der Waals surface area contributed by atoms with Crippen molar-refractivity contribution in [3.8, 4) is 0 Å². The van der Waals surface area contributed by atoms with Crippen LogP contribution in [0.15, 0.2) is 29.3 Å². The lowest BCUT2D eigenvalue weighted by atomic mass is 10.1. The van der Waals surface area contributed by atoms with Crippen LogP contribution in [0, 0.1) is 5.92 Å². The van der Waals surface area contributed by atoms with Gasteiger partial charge in [-0.2, -0.15) is 0 Å². The molecule has 1 aromatic carbocycles. The number of rotatable bonds is 6. The maximum absolute atomic E-state index is 10.5. The van der Waals surface area contributed by atoms with E-state index in [-0.39, 0.29) is 6.42 Å². The van der Waals surface area contributed by atoms with Gasteiger partial charge in [-0.25, -0.2) is 0 Å². The molecular formula is C14H20N2O2. The molecule has 4 heteroatoms. The van der Waals surface area contributed by atoms with Crippen molar-refractivity contribution >= 4 is 11.8 Å². The molecule has 0 fully saturated rings. The minimum absolute atomic E-state index is 0.0324. The van der Waals surface area contributed by atoms with Gasteiger partial charge in [0.15, 0.2) is 0 Å². The highest BCUT2D eigenvalue weighted by Gasteiger charge is 2.02. The Morgan fingerprint density at radius 1 is 1.33 bits per heavy atom. The number of carbonyl (C=O) groups is 1. The highest BCUT2D eigenvalue weighted by Crippen LogP contribution is 2.06. The number of nitrogens with zero attached hydrogens (tertiary/aromatic N) is 1. The Balaban J connectivity index is 2.63. The summed E-state index contributed by atoms with van der Waals surface area (Å²) in [7, 11) is 0. The molecule has 0 unspecified atom stereocenters. The molecular weight excluding hydrogens is 228 g/mol. The molecule has 0 aliphatic heterocycles. The second-order valence-electron chi connectivity index (χ2n) is 4.72. The summed E-state index contributed by atoms with van der Waals surface area (Å²) >= 11 is 0. The van der Waals surface area contributed by atoms with Gasteiger partial charge in [-0.15, -0.1) is 0 Å². The van der Waals surface area contributed by atoms with E-state index in [1.165, 1.54) is 0 Å². The zero-order valence-corrected chi connectivity index (χ0v) is 10.9. The molecule has 18 heavy (non-hydrogen) atoms. The van der Waals surface area contributed by atoms with E-state index >= 15 is 0 Å². The first-order chi connectivity index (χ1) is 8.49. The zero-order chi connectivity index (χ0) is 13.5. The SMILES string of the molecule is CC(C)CCN=C(N)c1ccc(CC(=O)O)cc1. The molecule has 0 amide bonds. The highest BCUT2D eigenvalue weighted by molar-refractivity contribution is 5.97. The van der Waals surface area contributed by atoms with Gasteiger partial charge in [-0.1, -0.05) is 38.1 Å². The number of carboxylic acids is 1. The molecule has 0 aliphatic rings. The van der Waals surface area contributed by atoms with E-state index < -0.39 is 5.97 Å². The summed E-state index contributed by atoms with van der Waals surface area (Å²) in [6.45, 7) is 5.01. The Hall–Kier alpha value is -1.84. The lowest BCUT2D eigenvalue weighted by Crippen LogP contribution is -2.14. The van der Waals surface area contributed by atoms with Crippen LogP contribution in [0.2, 0.25) is 0 Å². The average molecular weight is 248 g/mol. The van der Waals surface area contributed by atoms with Crippen LogP contribution in [0.25, 0.3) is 0 Å². The van der Waals surface area contributed by atoms with Crippen molar-refractivity contribution in [1.29, 1.82) is 0 Å². The number of carboxylic acid groups (broad SMARTS) is 1. The third-order valence-electron chi connectivity index (χ3n) is 2.59. The molecule has 0 radical (unpaired) electrons. The molecule has 3 N–H and O–H groups in total. The van der Waals surface area contributed by atoms with Crippen LogP contribution < -0.4 is 5.73 Å². The number of aliphatic carboxylic acids is 1. The molecule has 0 spiro atoms. The van der Waals surface area contributed by atoms with Crippen molar-refractivity contribution in [3.63, 3.8) is 0 Å². The van der Waals surface area contributed by atoms with Gasteiger partial charge in [0.05, 0.1) is 6.42 Å². The van der Waals surface area contributed by atoms with Crippen molar-refractivity contribution in [2.45, 2.75) is 26.7 Å². The van der Waals surface area contributed by atoms with Crippen LogP contribution in [0.4, 0.5) is 0 Å². The second kappa shape index (κ2) is 6.79. The summed E-state index contributed by atoms with van der Waals surface area (Å²) in [5, 5.41) is 8.67. The van der Waals surface area contributed by atoms with E-state index in [1.807, 2.05) is 12.1 Å². The molecule has 0 saturated heterocycles. The van der Waals surface area contributed by atoms with Crippen LogP contribution >= 0.6 is 0 Å². The average Bonchev–Trinajstić information content (AvgIpc) is 2.28. The fourth-order valence-corrected chi connectivity index (χ4v) is 1.50. The third kappa shape index (κ3) is 4.99. The minimum Gasteiger partial charge on any atom is -0.481 e. The highest BCUT2D eigenvalue weighted by atomic mass is 16.4. The first kappa shape index (κ1) is 14.2. The lowest BCUT2D eigenvalue weighted by molar-refractivity contribution is -0.136. The summed E-state index contributed by atoms with van der Waals surface area (Å²) in [4.78, 5) is 14.8. The van der Waals surface area contributed by atoms with E-state index in [1.54, 1.807) is 12.1 Å². The summed E-state index contributed by atoms with van der Waals surface area (Å²) in [6.07, 6.45) is 1.04. The number of hydrogen-bond acceptors (Lipinski definition) is 2. The van der Waals surface area contributed by atoms with Gasteiger partial charge in [-0.05, 0) is 17.9 Å². The number of amidine groups is 1. The van der Waals surface area contributed by atoms with Crippen LogP contribution in [0.3, 0.4) is 0 Å². The van der Waals surface area contributed by atoms with E-state index in [0.717, 1.165) is 24.1 Å². The first-order valence-corrected chi connectivity index (χ1v) is 6.10. The van der Waals surface area contributed by atoms with Crippen LogP contribution in [0.1, 0.15) is 31.4 Å².